The first-order valence-corrected chi connectivity index (χ1v) is 11.4. The van der Waals surface area contributed by atoms with Crippen LogP contribution in [0.4, 0.5) is 0 Å². The Hall–Kier alpha value is -2.01. The lowest BCUT2D eigenvalue weighted by Crippen LogP contribution is -2.42. The Kier molecular flexibility index (Phi) is 4.81. The predicted octanol–water partition coefficient (Wildman–Crippen LogP) is 3.98. The lowest BCUT2D eigenvalue weighted by atomic mass is 10.0. The van der Waals surface area contributed by atoms with Gasteiger partial charge in [0.25, 0.3) is 5.91 Å². The zero-order valence-corrected chi connectivity index (χ0v) is 17.9. The Morgan fingerprint density at radius 2 is 1.93 bits per heavy atom. The van der Waals surface area contributed by atoms with Crippen molar-refractivity contribution in [1.29, 1.82) is 0 Å². The van der Waals surface area contributed by atoms with Crippen LogP contribution in [0.1, 0.15) is 62.5 Å². The van der Waals surface area contributed by atoms with Gasteiger partial charge >= 0.3 is 0 Å². The first-order valence-electron chi connectivity index (χ1n) is 11.4. The number of ether oxygens (including phenoxy) is 1. The van der Waals surface area contributed by atoms with Crippen LogP contribution in [-0.2, 0) is 13.0 Å². The van der Waals surface area contributed by atoms with Crippen molar-refractivity contribution in [2.45, 2.75) is 77.6 Å². The highest BCUT2D eigenvalue weighted by atomic mass is 16.5. The SMILES string of the molecule is CC(C)N1CCC(Oc2ccc3c(c2)c(CC2CC2)c2n3C[C@H](C)NC2=O)CC1. The molecule has 0 bridgehead atoms. The minimum atomic E-state index is 0.0825. The molecule has 3 aliphatic rings. The van der Waals surface area contributed by atoms with Crippen LogP contribution >= 0.6 is 0 Å². The van der Waals surface area contributed by atoms with Crippen LogP contribution in [0.2, 0.25) is 0 Å². The average molecular weight is 396 g/mol. The van der Waals surface area contributed by atoms with E-state index in [2.05, 4.69) is 53.8 Å². The second-order valence-electron chi connectivity index (χ2n) is 9.59. The summed E-state index contributed by atoms with van der Waals surface area (Å²) in [6, 6.07) is 7.24. The number of amides is 1. The molecule has 1 saturated carbocycles. The smallest absolute Gasteiger partial charge is 0.268 e. The van der Waals surface area contributed by atoms with E-state index >= 15 is 0 Å². The molecule has 2 fully saturated rings. The zero-order valence-electron chi connectivity index (χ0n) is 17.9. The van der Waals surface area contributed by atoms with Gasteiger partial charge < -0.3 is 19.5 Å². The number of carbonyl (C=O) groups excluding carboxylic acids is 1. The van der Waals surface area contributed by atoms with Crippen molar-refractivity contribution in [3.05, 3.63) is 29.5 Å². The van der Waals surface area contributed by atoms with E-state index < -0.39 is 0 Å². The van der Waals surface area contributed by atoms with Gasteiger partial charge in [-0.25, -0.2) is 0 Å². The van der Waals surface area contributed by atoms with Crippen molar-refractivity contribution in [2.75, 3.05) is 13.1 Å². The van der Waals surface area contributed by atoms with Gasteiger partial charge in [-0.1, -0.05) is 0 Å². The fourth-order valence-corrected chi connectivity index (χ4v) is 5.06. The Morgan fingerprint density at radius 1 is 1.17 bits per heavy atom. The van der Waals surface area contributed by atoms with Gasteiger partial charge in [0.2, 0.25) is 0 Å². The zero-order chi connectivity index (χ0) is 20.1. The van der Waals surface area contributed by atoms with Crippen molar-refractivity contribution < 1.29 is 9.53 Å². The average Bonchev–Trinajstić information content (AvgIpc) is 3.45. The minimum absolute atomic E-state index is 0.0825. The third-order valence-electron chi connectivity index (χ3n) is 6.89. The molecule has 156 valence electrons. The van der Waals surface area contributed by atoms with Crippen LogP contribution in [0.25, 0.3) is 10.9 Å². The molecule has 0 radical (unpaired) electrons. The van der Waals surface area contributed by atoms with E-state index in [1.807, 2.05) is 0 Å². The summed E-state index contributed by atoms with van der Waals surface area (Å²) in [5.74, 6) is 1.77. The molecule has 29 heavy (non-hydrogen) atoms. The van der Waals surface area contributed by atoms with Crippen LogP contribution in [0, 0.1) is 5.92 Å². The summed E-state index contributed by atoms with van der Waals surface area (Å²) in [5, 5.41) is 4.34. The van der Waals surface area contributed by atoms with Crippen molar-refractivity contribution in [2.24, 2.45) is 5.92 Å². The summed E-state index contributed by atoms with van der Waals surface area (Å²) in [6.07, 6.45) is 6.03. The molecule has 1 aromatic carbocycles. The number of nitrogens with zero attached hydrogens (tertiary/aromatic N) is 2. The van der Waals surface area contributed by atoms with Crippen LogP contribution < -0.4 is 10.1 Å². The monoisotopic (exact) mass is 395 g/mol. The van der Waals surface area contributed by atoms with Crippen molar-refractivity contribution in [1.82, 2.24) is 14.8 Å². The van der Waals surface area contributed by atoms with Gasteiger partial charge in [0.05, 0.1) is 0 Å². The number of aromatic nitrogens is 1. The number of hydrogen-bond donors (Lipinski definition) is 1. The second-order valence-corrected chi connectivity index (χ2v) is 9.59. The van der Waals surface area contributed by atoms with E-state index in [0.717, 1.165) is 56.3 Å². The van der Waals surface area contributed by atoms with Crippen LogP contribution in [0.15, 0.2) is 18.2 Å². The third kappa shape index (κ3) is 3.65. The van der Waals surface area contributed by atoms with Gasteiger partial charge in [0.15, 0.2) is 0 Å². The molecule has 5 heteroatoms. The van der Waals surface area contributed by atoms with Gasteiger partial charge in [-0.2, -0.15) is 0 Å². The standard InChI is InChI=1S/C24H33N3O2/c1-15(2)26-10-8-18(9-11-26)29-19-6-7-22-20(13-19)21(12-17-4-5-17)23-24(28)25-16(3)14-27(22)23/h6-7,13,15-18H,4-5,8-12,14H2,1-3H3,(H,25,28)/t16-/m0/s1. The van der Waals surface area contributed by atoms with Gasteiger partial charge in [-0.15, -0.1) is 0 Å². The maximum Gasteiger partial charge on any atom is 0.268 e. The van der Waals surface area contributed by atoms with E-state index in [4.69, 9.17) is 4.74 Å². The molecule has 3 heterocycles. The maximum absolute atomic E-state index is 12.8. The topological polar surface area (TPSA) is 46.5 Å². The fourth-order valence-electron chi connectivity index (χ4n) is 5.06. The summed E-state index contributed by atoms with van der Waals surface area (Å²) in [5.41, 5.74) is 3.29. The summed E-state index contributed by atoms with van der Waals surface area (Å²) in [4.78, 5) is 15.3. The highest BCUT2D eigenvalue weighted by Gasteiger charge is 2.32. The Labute approximate surface area is 173 Å². The molecule has 2 aromatic rings. The summed E-state index contributed by atoms with van der Waals surface area (Å²) in [7, 11) is 0. The third-order valence-corrected chi connectivity index (χ3v) is 6.89. The van der Waals surface area contributed by atoms with Crippen molar-refractivity contribution >= 4 is 16.8 Å². The van der Waals surface area contributed by atoms with Crippen LogP contribution in [-0.4, -0.2) is 46.7 Å². The molecule has 1 amide bonds. The van der Waals surface area contributed by atoms with Gasteiger partial charge in [-0.3, -0.25) is 4.79 Å². The summed E-state index contributed by atoms with van der Waals surface area (Å²) >= 11 is 0. The first kappa shape index (κ1) is 19.0. The van der Waals surface area contributed by atoms with E-state index in [1.165, 1.54) is 29.3 Å². The molecule has 1 aromatic heterocycles. The van der Waals surface area contributed by atoms with Gasteiger partial charge in [0, 0.05) is 42.6 Å². The summed E-state index contributed by atoms with van der Waals surface area (Å²) < 4.78 is 8.65. The Balaban J connectivity index is 1.44. The molecule has 5 rings (SSSR count). The molecule has 0 spiro atoms. The normalized spacial score (nSPS) is 23.4. The molecule has 5 nitrogen and oxygen atoms in total. The lowest BCUT2D eigenvalue weighted by Gasteiger charge is -2.34. The van der Waals surface area contributed by atoms with Crippen LogP contribution in [0.5, 0.6) is 5.75 Å². The quantitative estimate of drug-likeness (QED) is 0.833. The number of hydrogen-bond acceptors (Lipinski definition) is 3. The number of likely N-dealkylation sites (tertiary alicyclic amines) is 1. The highest BCUT2D eigenvalue weighted by Crippen LogP contribution is 2.39. The minimum Gasteiger partial charge on any atom is -0.490 e. The number of rotatable bonds is 5. The summed E-state index contributed by atoms with van der Waals surface area (Å²) in [6.45, 7) is 9.67. The van der Waals surface area contributed by atoms with Gasteiger partial charge in [0.1, 0.15) is 17.5 Å². The molecule has 1 aliphatic carbocycles. The number of nitrogens with one attached hydrogen (secondary N) is 1. The number of carbonyl (C=O) groups is 1. The van der Waals surface area contributed by atoms with Gasteiger partial charge in [-0.05, 0) is 82.6 Å². The van der Waals surface area contributed by atoms with Crippen LogP contribution in [0.3, 0.4) is 0 Å². The Bertz CT molecular complexity index is 920. The molecule has 0 unspecified atom stereocenters. The number of benzene rings is 1. The predicted molar refractivity (Wildman–Crippen MR) is 116 cm³/mol. The molecular weight excluding hydrogens is 362 g/mol. The molecule has 1 N–H and O–H groups in total. The second kappa shape index (κ2) is 7.35. The van der Waals surface area contributed by atoms with Crippen molar-refractivity contribution in [3.63, 3.8) is 0 Å². The maximum atomic E-state index is 12.8. The number of piperidine rings is 1. The van der Waals surface area contributed by atoms with E-state index in [0.29, 0.717) is 6.04 Å². The molecule has 2 aliphatic heterocycles. The molecular formula is C24H33N3O2. The van der Waals surface area contributed by atoms with E-state index in [-0.39, 0.29) is 18.1 Å². The molecule has 1 saturated heterocycles. The van der Waals surface area contributed by atoms with Crippen molar-refractivity contribution in [3.8, 4) is 5.75 Å². The Morgan fingerprint density at radius 3 is 2.62 bits per heavy atom. The first-order chi connectivity index (χ1) is 14.0. The molecule has 1 atom stereocenters. The van der Waals surface area contributed by atoms with E-state index in [1.54, 1.807) is 0 Å². The van der Waals surface area contributed by atoms with E-state index in [9.17, 15) is 4.79 Å². The number of fused-ring (bicyclic) bond motifs is 3. The lowest BCUT2D eigenvalue weighted by molar-refractivity contribution is 0.0844. The fraction of sp³-hybridized carbons (Fsp3) is 0.625. The largest absolute Gasteiger partial charge is 0.490 e. The highest BCUT2D eigenvalue weighted by molar-refractivity contribution is 6.03.